The molecule has 0 aliphatic rings. The maximum absolute atomic E-state index is 4.04. The van der Waals surface area contributed by atoms with E-state index in [9.17, 15) is 0 Å². The Bertz CT molecular complexity index is 518. The quantitative estimate of drug-likeness (QED) is 0.187. The Morgan fingerprint density at radius 3 is 1.00 bits per heavy atom. The summed E-state index contributed by atoms with van der Waals surface area (Å²) in [6.07, 6.45) is 12.7. The fourth-order valence-electron chi connectivity index (χ4n) is 3.67. The molecule has 1 heterocycles. The SMILES string of the molecule is C=C[CH2][Sn]([CH2]C=C)([CH2]C=C)[c]1cc[c]([Sn]([CH2]C=C)([CH2]C=C)[CH2]C=C)s1. The topological polar surface area (TPSA) is 0 Å². The number of hydrogen-bond donors (Lipinski definition) is 0. The van der Waals surface area contributed by atoms with E-state index in [4.69, 9.17) is 0 Å². The molecule has 1 aromatic heterocycles. The summed E-state index contributed by atoms with van der Waals surface area (Å²) < 4.78 is 10.2. The van der Waals surface area contributed by atoms with Crippen LogP contribution in [0.5, 0.6) is 0 Å². The molecule has 0 saturated carbocycles. The average molecular weight is 566 g/mol. The number of allylic oxidation sites excluding steroid dienone is 6. The third-order valence-electron chi connectivity index (χ3n) is 4.86. The van der Waals surface area contributed by atoms with E-state index in [-0.39, 0.29) is 0 Å². The van der Waals surface area contributed by atoms with Crippen molar-refractivity contribution in [1.82, 2.24) is 0 Å². The van der Waals surface area contributed by atoms with Gasteiger partial charge in [0, 0.05) is 0 Å². The second kappa shape index (κ2) is 11.5. The van der Waals surface area contributed by atoms with Crippen LogP contribution in [0.1, 0.15) is 0 Å². The molecule has 25 heavy (non-hydrogen) atoms. The van der Waals surface area contributed by atoms with Crippen molar-refractivity contribution in [2.45, 2.75) is 26.6 Å². The molecule has 1 aromatic rings. The van der Waals surface area contributed by atoms with Crippen molar-refractivity contribution in [2.75, 3.05) is 0 Å². The summed E-state index contributed by atoms with van der Waals surface area (Å²) >= 11 is -3.03. The van der Waals surface area contributed by atoms with E-state index < -0.39 is 36.8 Å². The number of hydrogen-bond acceptors (Lipinski definition) is 1. The molecule has 1 rings (SSSR count). The fraction of sp³-hybridized carbons (Fsp3) is 0.273. The van der Waals surface area contributed by atoms with Crippen LogP contribution in [0.15, 0.2) is 88.1 Å². The molecule has 0 nitrogen and oxygen atoms in total. The van der Waals surface area contributed by atoms with Gasteiger partial charge in [-0.3, -0.25) is 0 Å². The summed E-state index contributed by atoms with van der Waals surface area (Å²) in [5.74, 6) is 0. The van der Waals surface area contributed by atoms with E-state index in [1.807, 2.05) is 0 Å². The standard InChI is InChI=1S/C4H2S.6C3H5.2Sn/c1-2-4-5-3-1;6*1-3-2;;/h1-2H;6*3H,1-2H2;;. The van der Waals surface area contributed by atoms with E-state index >= 15 is 0 Å². The van der Waals surface area contributed by atoms with Gasteiger partial charge in [-0.2, -0.15) is 0 Å². The summed E-state index contributed by atoms with van der Waals surface area (Å²) in [4.78, 5) is 0. The van der Waals surface area contributed by atoms with E-state index in [2.05, 4.69) is 99.4 Å². The summed E-state index contributed by atoms with van der Waals surface area (Å²) in [5.41, 5.74) is 0. The third kappa shape index (κ3) is 5.60. The summed E-state index contributed by atoms with van der Waals surface area (Å²) in [5, 5.41) is 0. The predicted molar refractivity (Wildman–Crippen MR) is 125 cm³/mol. The first-order valence-electron chi connectivity index (χ1n) is 8.84. The Balaban J connectivity index is 3.43. The minimum atomic E-state index is -2.56. The Morgan fingerprint density at radius 2 is 0.800 bits per heavy atom. The predicted octanol–water partition coefficient (Wildman–Crippen LogP) is 6.18. The van der Waals surface area contributed by atoms with Crippen molar-refractivity contribution < 1.29 is 0 Å². The monoisotopic (exact) mass is 568 g/mol. The maximum atomic E-state index is 4.04. The average Bonchev–Trinajstić information content (AvgIpc) is 3.07. The van der Waals surface area contributed by atoms with Gasteiger partial charge in [0.15, 0.2) is 0 Å². The van der Waals surface area contributed by atoms with Gasteiger partial charge in [-0.25, -0.2) is 0 Å². The summed E-state index contributed by atoms with van der Waals surface area (Å²) in [6, 6.07) is 4.85. The van der Waals surface area contributed by atoms with Crippen molar-refractivity contribution in [2.24, 2.45) is 0 Å². The van der Waals surface area contributed by atoms with Crippen LogP contribution < -0.4 is 5.79 Å². The van der Waals surface area contributed by atoms with Crippen LogP contribution in [0.3, 0.4) is 0 Å². The fourth-order valence-corrected chi connectivity index (χ4v) is 34.3. The van der Waals surface area contributed by atoms with Gasteiger partial charge in [0.25, 0.3) is 0 Å². The molecule has 0 spiro atoms. The van der Waals surface area contributed by atoms with E-state index in [1.165, 1.54) is 0 Å². The molecule has 0 aromatic carbocycles. The normalized spacial score (nSPS) is 11.5. The summed E-state index contributed by atoms with van der Waals surface area (Å²) in [7, 11) is 0. The van der Waals surface area contributed by atoms with Crippen molar-refractivity contribution in [3.05, 3.63) is 88.1 Å². The van der Waals surface area contributed by atoms with Gasteiger partial charge >= 0.3 is 169 Å². The first kappa shape index (κ1) is 22.8. The van der Waals surface area contributed by atoms with Gasteiger partial charge in [0.05, 0.1) is 0 Å². The zero-order valence-corrected chi connectivity index (χ0v) is 22.0. The Hall–Kier alpha value is -0.263. The number of rotatable bonds is 14. The molecule has 3 heteroatoms. The van der Waals surface area contributed by atoms with Crippen molar-refractivity contribution in [3.8, 4) is 0 Å². The summed E-state index contributed by atoms with van der Waals surface area (Å²) in [6.45, 7) is 24.2. The van der Waals surface area contributed by atoms with E-state index in [1.54, 1.807) is 5.79 Å². The molecule has 0 amide bonds. The Morgan fingerprint density at radius 1 is 0.560 bits per heavy atom. The molecule has 0 unspecified atom stereocenters. The molecule has 134 valence electrons. The van der Waals surface area contributed by atoms with Crippen molar-refractivity contribution in [3.63, 3.8) is 0 Å². The third-order valence-corrected chi connectivity index (χ3v) is 38.4. The van der Waals surface area contributed by atoms with Crippen molar-refractivity contribution >= 4 is 53.9 Å². The van der Waals surface area contributed by atoms with Gasteiger partial charge in [-0.15, -0.1) is 0 Å². The van der Waals surface area contributed by atoms with Gasteiger partial charge in [-0.05, 0) is 0 Å². The molecule has 0 bridgehead atoms. The molecule has 0 aliphatic heterocycles. The molecular weight excluding hydrogens is 534 g/mol. The van der Waals surface area contributed by atoms with Gasteiger partial charge in [0.1, 0.15) is 0 Å². The second-order valence-corrected chi connectivity index (χ2v) is 34.5. The van der Waals surface area contributed by atoms with Crippen LogP contribution in [0, 0.1) is 0 Å². The zero-order valence-electron chi connectivity index (χ0n) is 15.5. The van der Waals surface area contributed by atoms with Gasteiger partial charge < -0.3 is 0 Å². The van der Waals surface area contributed by atoms with E-state index in [0.717, 1.165) is 26.6 Å². The molecule has 0 atom stereocenters. The van der Waals surface area contributed by atoms with Crippen LogP contribution in [0.4, 0.5) is 0 Å². The van der Waals surface area contributed by atoms with Crippen molar-refractivity contribution in [1.29, 1.82) is 0 Å². The first-order chi connectivity index (χ1) is 12.1. The minimum absolute atomic E-state index is 1.15. The van der Waals surface area contributed by atoms with Crippen LogP contribution in [-0.2, 0) is 0 Å². The molecule has 0 fully saturated rings. The van der Waals surface area contributed by atoms with Crippen LogP contribution >= 0.6 is 11.3 Å². The van der Waals surface area contributed by atoms with Crippen LogP contribution in [-0.4, -0.2) is 36.8 Å². The Kier molecular flexibility index (Phi) is 10.4. The van der Waals surface area contributed by atoms with Crippen LogP contribution in [0.2, 0.25) is 26.6 Å². The molecule has 0 radical (unpaired) electrons. The van der Waals surface area contributed by atoms with E-state index in [0.29, 0.717) is 0 Å². The zero-order chi connectivity index (χ0) is 18.8. The number of thiophene rings is 1. The molecule has 0 N–H and O–H groups in total. The molecule has 0 aliphatic carbocycles. The van der Waals surface area contributed by atoms with Crippen LogP contribution in [0.25, 0.3) is 0 Å². The first-order valence-corrected chi connectivity index (χ1v) is 24.6. The molecule has 0 saturated heterocycles. The second-order valence-electron chi connectivity index (χ2n) is 6.68. The Labute approximate surface area is 167 Å². The van der Waals surface area contributed by atoms with Gasteiger partial charge in [-0.1, -0.05) is 0 Å². The van der Waals surface area contributed by atoms with Gasteiger partial charge in [0.2, 0.25) is 0 Å². The molecular formula is C22H32SSn2.